The molecule has 22 heavy (non-hydrogen) atoms. The van der Waals surface area contributed by atoms with Crippen LogP contribution >= 0.6 is 0 Å². The Morgan fingerprint density at radius 1 is 1.18 bits per heavy atom. The molecule has 1 amide bonds. The largest absolute Gasteiger partial charge is 0.489 e. The van der Waals surface area contributed by atoms with E-state index in [0.29, 0.717) is 5.75 Å². The van der Waals surface area contributed by atoms with Crippen molar-refractivity contribution in [2.24, 2.45) is 5.92 Å². The molecule has 1 N–H and O–H groups in total. The van der Waals surface area contributed by atoms with E-state index < -0.39 is 0 Å². The van der Waals surface area contributed by atoms with Crippen molar-refractivity contribution in [1.82, 2.24) is 5.48 Å². The number of benzene rings is 2. The topological polar surface area (TPSA) is 47.6 Å². The lowest BCUT2D eigenvalue weighted by Crippen LogP contribution is -2.30. The Labute approximate surface area is 131 Å². The predicted molar refractivity (Wildman–Crippen MR) is 85.6 cm³/mol. The zero-order valence-corrected chi connectivity index (χ0v) is 13.1. The molecule has 4 heteroatoms. The van der Waals surface area contributed by atoms with Crippen molar-refractivity contribution in [2.75, 3.05) is 0 Å². The number of amides is 1. The van der Waals surface area contributed by atoms with Gasteiger partial charge in [-0.25, -0.2) is 0 Å². The third kappa shape index (κ3) is 4.52. The molecule has 0 saturated carbocycles. The summed E-state index contributed by atoms with van der Waals surface area (Å²) in [5.41, 5.74) is 4.68. The number of ether oxygens (including phenoxy) is 1. The third-order valence-corrected chi connectivity index (χ3v) is 3.18. The molecule has 1 heterocycles. The number of nitrogens with one attached hydrogen (secondary N) is 1. The van der Waals surface area contributed by atoms with Crippen LogP contribution in [-0.2, 0) is 11.4 Å². The van der Waals surface area contributed by atoms with Crippen molar-refractivity contribution in [3.8, 4) is 11.5 Å². The number of hydroxylamine groups is 1. The van der Waals surface area contributed by atoms with Crippen LogP contribution in [0.1, 0.15) is 25.0 Å². The van der Waals surface area contributed by atoms with Gasteiger partial charge in [-0.2, -0.15) is 5.48 Å². The number of hydrogen-bond acceptors (Lipinski definition) is 3. The van der Waals surface area contributed by atoms with Crippen LogP contribution in [-0.4, -0.2) is 5.91 Å². The monoisotopic (exact) mass is 299 g/mol. The molecule has 0 radical (unpaired) electrons. The van der Waals surface area contributed by atoms with Crippen molar-refractivity contribution in [2.45, 2.75) is 27.4 Å². The second-order valence-electron chi connectivity index (χ2n) is 5.42. The van der Waals surface area contributed by atoms with E-state index in [4.69, 9.17) is 9.57 Å². The van der Waals surface area contributed by atoms with Gasteiger partial charge in [0.05, 0.1) is 0 Å². The van der Waals surface area contributed by atoms with Gasteiger partial charge in [-0.3, -0.25) is 4.79 Å². The molecule has 2 aromatic carbocycles. The minimum Gasteiger partial charge on any atom is -0.489 e. The highest BCUT2D eigenvalue weighted by Gasteiger charge is 2.07. The van der Waals surface area contributed by atoms with Crippen LogP contribution in [0.25, 0.3) is 0 Å². The van der Waals surface area contributed by atoms with Gasteiger partial charge in [0.1, 0.15) is 12.4 Å². The average Bonchev–Trinajstić information content (AvgIpc) is 2.85. The summed E-state index contributed by atoms with van der Waals surface area (Å²) in [7, 11) is 0. The fourth-order valence-corrected chi connectivity index (χ4v) is 1.79. The smallest absolute Gasteiger partial charge is 0.255 e. The molecule has 4 nitrogen and oxygen atoms in total. The maximum absolute atomic E-state index is 11.2. The third-order valence-electron chi connectivity index (χ3n) is 3.18. The van der Waals surface area contributed by atoms with Crippen molar-refractivity contribution in [3.05, 3.63) is 59.7 Å². The fourth-order valence-electron chi connectivity index (χ4n) is 1.79. The molecule has 1 aliphatic rings. The molecule has 0 atom stereocenters. The predicted octanol–water partition coefficient (Wildman–Crippen LogP) is 3.64. The van der Waals surface area contributed by atoms with Gasteiger partial charge in [0.15, 0.2) is 5.75 Å². The van der Waals surface area contributed by atoms with E-state index in [1.807, 2.05) is 57.2 Å². The average molecular weight is 299 g/mol. The summed E-state index contributed by atoms with van der Waals surface area (Å²) < 4.78 is 5.18. The number of carbonyl (C=O) groups excluding carboxylic acids is 1. The molecule has 0 fully saturated rings. The van der Waals surface area contributed by atoms with E-state index in [1.54, 1.807) is 0 Å². The first-order valence-electron chi connectivity index (χ1n) is 7.30. The Bertz CT molecular complexity index is 618. The number of hydrogen-bond donors (Lipinski definition) is 1. The van der Waals surface area contributed by atoms with Crippen LogP contribution in [0.3, 0.4) is 0 Å². The van der Waals surface area contributed by atoms with E-state index in [1.165, 1.54) is 5.56 Å². The lowest BCUT2D eigenvalue weighted by molar-refractivity contribution is -0.130. The summed E-state index contributed by atoms with van der Waals surface area (Å²) in [5.74, 6) is 1.50. The van der Waals surface area contributed by atoms with E-state index in [2.05, 4.69) is 17.6 Å². The van der Waals surface area contributed by atoms with Gasteiger partial charge in [-0.05, 0) is 36.2 Å². The van der Waals surface area contributed by atoms with E-state index in [0.717, 1.165) is 17.9 Å². The molecule has 0 unspecified atom stereocenters. The van der Waals surface area contributed by atoms with Gasteiger partial charge in [-0.15, -0.1) is 0 Å². The van der Waals surface area contributed by atoms with Crippen LogP contribution in [0.2, 0.25) is 0 Å². The molecule has 1 aliphatic heterocycles. The first-order chi connectivity index (χ1) is 10.6. The van der Waals surface area contributed by atoms with Gasteiger partial charge >= 0.3 is 0 Å². The molecule has 0 aromatic heterocycles. The normalized spacial score (nSPS) is 11.3. The molecular formula is C18H21NO3. The SMILES string of the molecule is Cc1ccccc1ONC(=O)C(C)C.c1cc2cc(c1)OC2. The number of aryl methyl sites for hydroxylation is 1. The minimum atomic E-state index is -0.117. The second kappa shape index (κ2) is 7.50. The number of carbonyl (C=O) groups is 1. The highest BCUT2D eigenvalue weighted by atomic mass is 16.7. The molecule has 2 bridgehead atoms. The Balaban J connectivity index is 0.000000183. The number of fused-ring (bicyclic) bond motifs is 2. The van der Waals surface area contributed by atoms with E-state index >= 15 is 0 Å². The highest BCUT2D eigenvalue weighted by molar-refractivity contribution is 5.76. The molecule has 0 spiro atoms. The Morgan fingerprint density at radius 3 is 2.59 bits per heavy atom. The van der Waals surface area contributed by atoms with E-state index in [9.17, 15) is 4.79 Å². The highest BCUT2D eigenvalue weighted by Crippen LogP contribution is 2.20. The van der Waals surface area contributed by atoms with Gasteiger partial charge in [0.2, 0.25) is 0 Å². The van der Waals surface area contributed by atoms with Gasteiger partial charge in [0.25, 0.3) is 5.91 Å². The van der Waals surface area contributed by atoms with Crippen molar-refractivity contribution >= 4 is 5.91 Å². The minimum absolute atomic E-state index is 0.0704. The van der Waals surface area contributed by atoms with Crippen molar-refractivity contribution in [3.63, 3.8) is 0 Å². The molecule has 116 valence electrons. The van der Waals surface area contributed by atoms with Crippen LogP contribution < -0.4 is 15.1 Å². The van der Waals surface area contributed by atoms with Crippen LogP contribution in [0.15, 0.2) is 48.5 Å². The zero-order valence-electron chi connectivity index (χ0n) is 13.1. The zero-order chi connectivity index (χ0) is 15.9. The summed E-state index contributed by atoms with van der Waals surface area (Å²) in [6, 6.07) is 15.6. The Hall–Kier alpha value is -2.49. The molecule has 0 aliphatic carbocycles. The Morgan fingerprint density at radius 2 is 1.95 bits per heavy atom. The van der Waals surface area contributed by atoms with Gasteiger partial charge in [-0.1, -0.05) is 44.2 Å². The summed E-state index contributed by atoms with van der Waals surface area (Å²) in [4.78, 5) is 16.4. The quantitative estimate of drug-likeness (QED) is 0.880. The first kappa shape index (κ1) is 15.9. The molecule has 0 saturated heterocycles. The lowest BCUT2D eigenvalue weighted by atomic mass is 10.2. The number of rotatable bonds is 3. The van der Waals surface area contributed by atoms with Crippen molar-refractivity contribution < 1.29 is 14.4 Å². The second-order valence-corrected chi connectivity index (χ2v) is 5.42. The summed E-state index contributed by atoms with van der Waals surface area (Å²) in [6.45, 7) is 6.33. The first-order valence-corrected chi connectivity index (χ1v) is 7.30. The maximum Gasteiger partial charge on any atom is 0.255 e. The molecule has 2 aromatic rings. The number of para-hydroxylation sites is 1. The molecule has 3 rings (SSSR count). The maximum atomic E-state index is 11.2. The molecular weight excluding hydrogens is 278 g/mol. The summed E-state index contributed by atoms with van der Waals surface area (Å²) in [5, 5.41) is 0. The Kier molecular flexibility index (Phi) is 5.42. The van der Waals surface area contributed by atoms with E-state index in [-0.39, 0.29) is 11.8 Å². The van der Waals surface area contributed by atoms with Crippen LogP contribution in [0.4, 0.5) is 0 Å². The summed E-state index contributed by atoms with van der Waals surface area (Å²) >= 11 is 0. The van der Waals surface area contributed by atoms with Crippen molar-refractivity contribution in [1.29, 1.82) is 0 Å². The van der Waals surface area contributed by atoms with Gasteiger partial charge < -0.3 is 9.57 Å². The standard InChI is InChI=1S/C11H15NO2.C7H6O/c1-8(2)11(13)12-14-10-7-5-4-6-9(10)3;1-2-6-4-7(3-1)8-5-6/h4-8H,1-3H3,(H,12,13);1-4H,5H2. The summed E-state index contributed by atoms with van der Waals surface area (Å²) in [6.07, 6.45) is 0. The fraction of sp³-hybridized carbons (Fsp3) is 0.278. The van der Waals surface area contributed by atoms with Gasteiger partial charge in [0, 0.05) is 5.92 Å². The van der Waals surface area contributed by atoms with Crippen LogP contribution in [0.5, 0.6) is 11.5 Å². The lowest BCUT2D eigenvalue weighted by Gasteiger charge is -2.10. The van der Waals surface area contributed by atoms with Crippen LogP contribution in [0, 0.1) is 12.8 Å².